The molecule has 0 aliphatic rings. The van der Waals surface area contributed by atoms with E-state index >= 15 is 0 Å². The van der Waals surface area contributed by atoms with E-state index in [9.17, 15) is 5.11 Å². The van der Waals surface area contributed by atoms with Gasteiger partial charge in [0.05, 0.1) is 12.2 Å². The normalized spacial score (nSPS) is 9.89. The third-order valence-electron chi connectivity index (χ3n) is 2.80. The number of nitriles is 1. The van der Waals surface area contributed by atoms with Gasteiger partial charge in [0.2, 0.25) is 0 Å². The molecule has 0 aliphatic heterocycles. The van der Waals surface area contributed by atoms with Gasteiger partial charge in [-0.05, 0) is 48.7 Å². The van der Waals surface area contributed by atoms with Gasteiger partial charge in [0.25, 0.3) is 0 Å². The third-order valence-corrected chi connectivity index (χ3v) is 2.80. The molecule has 0 unspecified atom stereocenters. The zero-order valence-corrected chi connectivity index (χ0v) is 10.8. The number of hydrogen-bond donors (Lipinski definition) is 1. The summed E-state index contributed by atoms with van der Waals surface area (Å²) in [5, 5.41) is 18.4. The van der Waals surface area contributed by atoms with Crippen molar-refractivity contribution in [2.45, 2.75) is 13.3 Å². The van der Waals surface area contributed by atoms with E-state index in [0.717, 1.165) is 16.9 Å². The number of ether oxygens (including phenoxy) is 1. The highest BCUT2D eigenvalue weighted by Gasteiger charge is 2.03. The van der Waals surface area contributed by atoms with Crippen molar-refractivity contribution in [1.82, 2.24) is 0 Å². The second-order valence-electron chi connectivity index (χ2n) is 4.22. The van der Waals surface area contributed by atoms with Crippen LogP contribution in [0.25, 0.3) is 0 Å². The molecule has 0 fully saturated rings. The molecule has 3 nitrogen and oxygen atoms in total. The molecule has 19 heavy (non-hydrogen) atoms. The lowest BCUT2D eigenvalue weighted by Gasteiger charge is -2.07. The topological polar surface area (TPSA) is 53.2 Å². The Bertz CT molecular complexity index is 614. The van der Waals surface area contributed by atoms with Crippen molar-refractivity contribution in [3.63, 3.8) is 0 Å². The van der Waals surface area contributed by atoms with Gasteiger partial charge in [0, 0.05) is 0 Å². The fourth-order valence-electron chi connectivity index (χ4n) is 1.93. The van der Waals surface area contributed by atoms with Gasteiger partial charge >= 0.3 is 0 Å². The first-order valence-corrected chi connectivity index (χ1v) is 6.16. The summed E-state index contributed by atoms with van der Waals surface area (Å²) in [6, 6.07) is 14.9. The standard InChI is InChI=1S/C16H15NO2/c1-2-19-15-5-3-4-12(9-15)8-13-6-7-14(11-17)16(18)10-13/h3-7,9-10,18H,2,8H2,1H3. The lowest BCUT2D eigenvalue weighted by Crippen LogP contribution is -1.93. The monoisotopic (exact) mass is 253 g/mol. The van der Waals surface area contributed by atoms with E-state index in [2.05, 4.69) is 0 Å². The quantitative estimate of drug-likeness (QED) is 0.910. The van der Waals surface area contributed by atoms with Crippen LogP contribution in [0, 0.1) is 11.3 Å². The highest BCUT2D eigenvalue weighted by atomic mass is 16.5. The van der Waals surface area contributed by atoms with E-state index in [-0.39, 0.29) is 5.75 Å². The number of phenols is 1. The van der Waals surface area contributed by atoms with Gasteiger partial charge in [-0.1, -0.05) is 18.2 Å². The lowest BCUT2D eigenvalue weighted by atomic mass is 10.0. The van der Waals surface area contributed by atoms with Gasteiger partial charge in [-0.25, -0.2) is 0 Å². The van der Waals surface area contributed by atoms with Crippen LogP contribution in [0.4, 0.5) is 0 Å². The zero-order chi connectivity index (χ0) is 13.7. The molecule has 0 amide bonds. The molecule has 0 aliphatic carbocycles. The summed E-state index contributed by atoms with van der Waals surface area (Å²) in [5.74, 6) is 0.874. The van der Waals surface area contributed by atoms with E-state index in [1.54, 1.807) is 12.1 Å². The highest BCUT2D eigenvalue weighted by Crippen LogP contribution is 2.21. The van der Waals surface area contributed by atoms with Crippen molar-refractivity contribution in [2.24, 2.45) is 0 Å². The maximum absolute atomic E-state index is 9.66. The van der Waals surface area contributed by atoms with Crippen LogP contribution in [0.2, 0.25) is 0 Å². The minimum absolute atomic E-state index is 0.0287. The number of phenolic OH excluding ortho intramolecular Hbond substituents is 1. The molecule has 3 heteroatoms. The summed E-state index contributed by atoms with van der Waals surface area (Å²) in [6.07, 6.45) is 0.695. The maximum atomic E-state index is 9.66. The predicted molar refractivity (Wildman–Crippen MR) is 73.2 cm³/mol. The molecule has 2 aromatic carbocycles. The number of nitrogens with zero attached hydrogens (tertiary/aromatic N) is 1. The summed E-state index contributed by atoms with van der Waals surface area (Å²) in [4.78, 5) is 0. The summed E-state index contributed by atoms with van der Waals surface area (Å²) in [5.41, 5.74) is 2.37. The molecule has 2 rings (SSSR count). The second kappa shape index (κ2) is 5.92. The van der Waals surface area contributed by atoms with Gasteiger partial charge in [0.15, 0.2) is 0 Å². The summed E-state index contributed by atoms with van der Waals surface area (Å²) in [6.45, 7) is 2.59. The Kier molecular flexibility index (Phi) is 4.04. The van der Waals surface area contributed by atoms with Crippen LogP contribution in [-0.2, 0) is 6.42 Å². The molecule has 96 valence electrons. The average molecular weight is 253 g/mol. The molecule has 0 spiro atoms. The van der Waals surface area contributed by atoms with Crippen molar-refractivity contribution in [3.05, 3.63) is 59.2 Å². The van der Waals surface area contributed by atoms with E-state index in [1.165, 1.54) is 0 Å². The highest BCUT2D eigenvalue weighted by molar-refractivity contribution is 5.45. The molecule has 2 aromatic rings. The molecule has 1 N–H and O–H groups in total. The van der Waals surface area contributed by atoms with Crippen molar-refractivity contribution < 1.29 is 9.84 Å². The van der Waals surface area contributed by atoms with E-state index in [1.807, 2.05) is 43.3 Å². The predicted octanol–water partition coefficient (Wildman–Crippen LogP) is 3.25. The first-order chi connectivity index (χ1) is 9.22. The molecule has 0 saturated carbocycles. The first kappa shape index (κ1) is 13.0. The van der Waals surface area contributed by atoms with Crippen LogP contribution in [0.3, 0.4) is 0 Å². The maximum Gasteiger partial charge on any atom is 0.133 e. The van der Waals surface area contributed by atoms with Crippen molar-refractivity contribution in [2.75, 3.05) is 6.61 Å². The Balaban J connectivity index is 2.19. The van der Waals surface area contributed by atoms with E-state index in [0.29, 0.717) is 18.6 Å². The van der Waals surface area contributed by atoms with Crippen molar-refractivity contribution >= 4 is 0 Å². The van der Waals surface area contributed by atoms with E-state index < -0.39 is 0 Å². The van der Waals surface area contributed by atoms with Crippen LogP contribution in [-0.4, -0.2) is 11.7 Å². The fraction of sp³-hybridized carbons (Fsp3) is 0.188. The molecule has 0 atom stereocenters. The minimum Gasteiger partial charge on any atom is -0.507 e. The molecule has 0 saturated heterocycles. The SMILES string of the molecule is CCOc1cccc(Cc2ccc(C#N)c(O)c2)c1. The van der Waals surface area contributed by atoms with Crippen LogP contribution < -0.4 is 4.74 Å². The van der Waals surface area contributed by atoms with Gasteiger partial charge < -0.3 is 9.84 Å². The smallest absolute Gasteiger partial charge is 0.133 e. The minimum atomic E-state index is 0.0287. The third kappa shape index (κ3) is 3.26. The second-order valence-corrected chi connectivity index (χ2v) is 4.22. The number of aromatic hydroxyl groups is 1. The Morgan fingerprint density at radius 2 is 1.95 bits per heavy atom. The van der Waals surface area contributed by atoms with Crippen LogP contribution in [0.1, 0.15) is 23.6 Å². The summed E-state index contributed by atoms with van der Waals surface area (Å²) in [7, 11) is 0. The van der Waals surface area contributed by atoms with Crippen molar-refractivity contribution in [3.8, 4) is 17.6 Å². The molecule has 0 bridgehead atoms. The molecule has 0 radical (unpaired) electrons. The Labute approximate surface area is 112 Å². The van der Waals surface area contributed by atoms with Gasteiger partial charge in [-0.15, -0.1) is 0 Å². The van der Waals surface area contributed by atoms with Gasteiger partial charge in [0.1, 0.15) is 17.6 Å². The molecular formula is C16H15NO2. The van der Waals surface area contributed by atoms with E-state index in [4.69, 9.17) is 10.00 Å². The van der Waals surface area contributed by atoms with Crippen LogP contribution in [0.15, 0.2) is 42.5 Å². The van der Waals surface area contributed by atoms with Crippen LogP contribution >= 0.6 is 0 Å². The molecular weight excluding hydrogens is 238 g/mol. The number of benzene rings is 2. The Morgan fingerprint density at radius 1 is 1.16 bits per heavy atom. The molecule has 0 heterocycles. The van der Waals surface area contributed by atoms with Crippen molar-refractivity contribution in [1.29, 1.82) is 5.26 Å². The van der Waals surface area contributed by atoms with Gasteiger partial charge in [-0.2, -0.15) is 5.26 Å². The molecule has 0 aromatic heterocycles. The Morgan fingerprint density at radius 3 is 2.63 bits per heavy atom. The number of rotatable bonds is 4. The Hall–Kier alpha value is -2.47. The summed E-state index contributed by atoms with van der Waals surface area (Å²) >= 11 is 0. The number of hydrogen-bond acceptors (Lipinski definition) is 3. The fourth-order valence-corrected chi connectivity index (χ4v) is 1.93. The zero-order valence-electron chi connectivity index (χ0n) is 10.8. The first-order valence-electron chi connectivity index (χ1n) is 6.16. The summed E-state index contributed by atoms with van der Waals surface area (Å²) < 4.78 is 5.45. The average Bonchev–Trinajstić information content (AvgIpc) is 2.40. The largest absolute Gasteiger partial charge is 0.507 e. The lowest BCUT2D eigenvalue weighted by molar-refractivity contribution is 0.340. The van der Waals surface area contributed by atoms with Crippen LogP contribution in [0.5, 0.6) is 11.5 Å². The van der Waals surface area contributed by atoms with Gasteiger partial charge in [-0.3, -0.25) is 0 Å².